The minimum atomic E-state index is -0.0779. The average Bonchev–Trinajstić information content (AvgIpc) is 2.90. The van der Waals surface area contributed by atoms with Crippen LogP contribution in [0.2, 0.25) is 0 Å². The summed E-state index contributed by atoms with van der Waals surface area (Å²) in [7, 11) is 3.62. The van der Waals surface area contributed by atoms with Crippen molar-refractivity contribution in [2.45, 2.75) is 19.0 Å². The zero-order valence-corrected chi connectivity index (χ0v) is 11.9. The zero-order chi connectivity index (χ0) is 13.1. The summed E-state index contributed by atoms with van der Waals surface area (Å²) < 4.78 is 0. The first kappa shape index (κ1) is 13.5. The molecule has 2 atom stereocenters. The lowest BCUT2D eigenvalue weighted by atomic mass is 10.1. The second-order valence-corrected chi connectivity index (χ2v) is 5.69. The van der Waals surface area contributed by atoms with Crippen molar-refractivity contribution in [2.24, 2.45) is 0 Å². The van der Waals surface area contributed by atoms with Gasteiger partial charge in [0.1, 0.15) is 6.04 Å². The van der Waals surface area contributed by atoms with E-state index < -0.39 is 0 Å². The van der Waals surface area contributed by atoms with Crippen LogP contribution in [0.15, 0.2) is 11.7 Å². The maximum Gasteiger partial charge on any atom is 0.240 e. The lowest BCUT2D eigenvalue weighted by Gasteiger charge is -2.39. The quantitative estimate of drug-likeness (QED) is 0.870. The van der Waals surface area contributed by atoms with Crippen LogP contribution in [-0.4, -0.2) is 60.5 Å². The number of carbonyl (C=O) groups is 1. The molecule has 2 rings (SSSR count). The Bertz CT molecular complexity index is 393. The first-order chi connectivity index (χ1) is 8.61. The Balaban J connectivity index is 2.15. The number of thiazole rings is 1. The number of hydrogen-bond acceptors (Lipinski definition) is 5. The highest BCUT2D eigenvalue weighted by atomic mass is 32.1. The van der Waals surface area contributed by atoms with Gasteiger partial charge in [0, 0.05) is 50.8 Å². The molecule has 0 saturated carbocycles. The van der Waals surface area contributed by atoms with Gasteiger partial charge in [0.15, 0.2) is 0 Å². The molecule has 2 unspecified atom stereocenters. The van der Waals surface area contributed by atoms with E-state index in [0.29, 0.717) is 0 Å². The number of nitrogens with one attached hydrogen (secondary N) is 1. The maximum atomic E-state index is 12.2. The van der Waals surface area contributed by atoms with E-state index in [-0.39, 0.29) is 18.0 Å². The number of hydrogen-bond donors (Lipinski definition) is 1. The van der Waals surface area contributed by atoms with Gasteiger partial charge in [-0.1, -0.05) is 0 Å². The van der Waals surface area contributed by atoms with E-state index in [9.17, 15) is 4.79 Å². The third-order valence-corrected chi connectivity index (χ3v) is 4.32. The molecule has 18 heavy (non-hydrogen) atoms. The highest BCUT2D eigenvalue weighted by molar-refractivity contribution is 7.09. The van der Waals surface area contributed by atoms with Crippen molar-refractivity contribution in [1.29, 1.82) is 0 Å². The van der Waals surface area contributed by atoms with Crippen LogP contribution >= 0.6 is 11.3 Å². The Labute approximate surface area is 112 Å². The Kier molecular flexibility index (Phi) is 4.31. The minimum Gasteiger partial charge on any atom is -0.347 e. The van der Waals surface area contributed by atoms with Crippen molar-refractivity contribution in [3.63, 3.8) is 0 Å². The van der Waals surface area contributed by atoms with Gasteiger partial charge in [0.2, 0.25) is 5.91 Å². The van der Waals surface area contributed by atoms with Crippen LogP contribution in [0.25, 0.3) is 0 Å². The van der Waals surface area contributed by atoms with Gasteiger partial charge in [-0.3, -0.25) is 14.7 Å². The molecule has 0 aliphatic carbocycles. The van der Waals surface area contributed by atoms with Crippen LogP contribution in [-0.2, 0) is 4.79 Å². The van der Waals surface area contributed by atoms with Gasteiger partial charge in [0.25, 0.3) is 0 Å². The predicted octanol–water partition coefficient (Wildman–Crippen LogP) is 0.566. The van der Waals surface area contributed by atoms with Gasteiger partial charge in [-0.15, -0.1) is 11.3 Å². The molecular weight excluding hydrogens is 248 g/mol. The summed E-state index contributed by atoms with van der Waals surface area (Å²) in [5.74, 6) is 0.165. The molecule has 0 radical (unpaired) electrons. The SMILES string of the molecule is CC(c1cncs1)N1CCNCC1C(=O)N(C)C. The average molecular weight is 268 g/mol. The smallest absolute Gasteiger partial charge is 0.240 e. The molecule has 1 aromatic rings. The Morgan fingerprint density at radius 1 is 1.67 bits per heavy atom. The number of nitrogens with zero attached hydrogens (tertiary/aromatic N) is 3. The Morgan fingerprint density at radius 3 is 3.06 bits per heavy atom. The third kappa shape index (κ3) is 2.71. The molecule has 1 N–H and O–H groups in total. The fraction of sp³-hybridized carbons (Fsp3) is 0.667. The number of likely N-dealkylation sites (N-methyl/N-ethyl adjacent to an activating group) is 1. The van der Waals surface area contributed by atoms with E-state index in [1.165, 1.54) is 4.88 Å². The van der Waals surface area contributed by atoms with Crippen LogP contribution < -0.4 is 5.32 Å². The predicted molar refractivity (Wildman–Crippen MR) is 72.6 cm³/mol. The highest BCUT2D eigenvalue weighted by Crippen LogP contribution is 2.26. The van der Waals surface area contributed by atoms with Gasteiger partial charge in [0.05, 0.1) is 5.51 Å². The van der Waals surface area contributed by atoms with Crippen molar-refractivity contribution in [1.82, 2.24) is 20.1 Å². The summed E-state index contributed by atoms with van der Waals surface area (Å²) in [6, 6.07) is 0.166. The van der Waals surface area contributed by atoms with Crippen molar-refractivity contribution in [2.75, 3.05) is 33.7 Å². The van der Waals surface area contributed by atoms with Gasteiger partial charge in [-0.05, 0) is 6.92 Å². The molecule has 1 aliphatic heterocycles. The molecule has 0 aromatic carbocycles. The van der Waals surface area contributed by atoms with Gasteiger partial charge < -0.3 is 10.2 Å². The molecular formula is C12H20N4OS. The fourth-order valence-corrected chi connectivity index (χ4v) is 3.00. The topological polar surface area (TPSA) is 48.5 Å². The summed E-state index contributed by atoms with van der Waals surface area (Å²) >= 11 is 1.65. The molecule has 0 spiro atoms. The van der Waals surface area contributed by atoms with Crippen molar-refractivity contribution >= 4 is 17.2 Å². The van der Waals surface area contributed by atoms with E-state index in [1.807, 2.05) is 25.8 Å². The number of aromatic nitrogens is 1. The second kappa shape index (κ2) is 5.77. The van der Waals surface area contributed by atoms with Crippen molar-refractivity contribution in [3.05, 3.63) is 16.6 Å². The number of carbonyl (C=O) groups excluding carboxylic acids is 1. The molecule has 1 saturated heterocycles. The molecule has 1 aliphatic rings. The molecule has 1 fully saturated rings. The summed E-state index contributed by atoms with van der Waals surface area (Å²) in [4.78, 5) is 21.5. The Hall–Kier alpha value is -0.980. The van der Waals surface area contributed by atoms with Crippen molar-refractivity contribution in [3.8, 4) is 0 Å². The largest absolute Gasteiger partial charge is 0.347 e. The van der Waals surface area contributed by atoms with Crippen LogP contribution in [0.3, 0.4) is 0 Å². The summed E-state index contributed by atoms with van der Waals surface area (Å²) in [6.07, 6.45) is 1.90. The standard InChI is InChI=1S/C12H20N4OS/c1-9(11-7-14-8-18-11)16-5-4-13-6-10(16)12(17)15(2)3/h7-10,13H,4-6H2,1-3H3. The first-order valence-corrected chi connectivity index (χ1v) is 7.05. The van der Waals surface area contributed by atoms with Crippen LogP contribution in [0.5, 0.6) is 0 Å². The Morgan fingerprint density at radius 2 is 2.44 bits per heavy atom. The van der Waals surface area contributed by atoms with E-state index in [4.69, 9.17) is 0 Å². The van der Waals surface area contributed by atoms with E-state index in [1.54, 1.807) is 16.2 Å². The molecule has 5 nitrogen and oxygen atoms in total. The maximum absolute atomic E-state index is 12.2. The van der Waals surface area contributed by atoms with Gasteiger partial charge >= 0.3 is 0 Å². The summed E-state index contributed by atoms with van der Waals surface area (Å²) in [5.41, 5.74) is 1.84. The van der Waals surface area contributed by atoms with Gasteiger partial charge in [-0.2, -0.15) is 0 Å². The monoisotopic (exact) mass is 268 g/mol. The third-order valence-electron chi connectivity index (χ3n) is 3.37. The number of rotatable bonds is 3. The molecule has 6 heteroatoms. The molecule has 0 bridgehead atoms. The lowest BCUT2D eigenvalue weighted by Crippen LogP contribution is -2.57. The lowest BCUT2D eigenvalue weighted by molar-refractivity contribution is -0.136. The van der Waals surface area contributed by atoms with E-state index in [0.717, 1.165) is 19.6 Å². The highest BCUT2D eigenvalue weighted by Gasteiger charge is 2.33. The van der Waals surface area contributed by atoms with Crippen molar-refractivity contribution < 1.29 is 4.79 Å². The second-order valence-electron chi connectivity index (χ2n) is 4.77. The molecule has 2 heterocycles. The van der Waals surface area contributed by atoms with Crippen LogP contribution in [0, 0.1) is 0 Å². The zero-order valence-electron chi connectivity index (χ0n) is 11.1. The van der Waals surface area contributed by atoms with Gasteiger partial charge in [-0.25, -0.2) is 0 Å². The number of piperazine rings is 1. The van der Waals surface area contributed by atoms with Crippen LogP contribution in [0.1, 0.15) is 17.8 Å². The minimum absolute atomic E-state index is 0.0779. The first-order valence-electron chi connectivity index (χ1n) is 6.17. The van der Waals surface area contributed by atoms with E-state index in [2.05, 4.69) is 22.1 Å². The summed E-state index contributed by atoms with van der Waals surface area (Å²) in [6.45, 7) is 4.69. The van der Waals surface area contributed by atoms with E-state index >= 15 is 0 Å². The fourth-order valence-electron chi connectivity index (χ4n) is 2.31. The number of amides is 1. The normalized spacial score (nSPS) is 22.7. The summed E-state index contributed by atoms with van der Waals surface area (Å²) in [5, 5.41) is 3.30. The molecule has 100 valence electrons. The van der Waals surface area contributed by atoms with Crippen LogP contribution in [0.4, 0.5) is 0 Å². The molecule has 1 amide bonds. The molecule has 1 aromatic heterocycles.